The number of thiophene rings is 1. The van der Waals surface area contributed by atoms with Gasteiger partial charge in [-0.2, -0.15) is 0 Å². The monoisotopic (exact) mass is 359 g/mol. The van der Waals surface area contributed by atoms with Gasteiger partial charge in [0, 0.05) is 31.5 Å². The molecule has 0 saturated carbocycles. The van der Waals surface area contributed by atoms with Crippen LogP contribution in [0.5, 0.6) is 0 Å². The third kappa shape index (κ3) is 4.87. The Balaban J connectivity index is 1.73. The number of methoxy groups -OCH3 is 1. The van der Waals surface area contributed by atoms with Crippen LogP contribution in [0, 0.1) is 0 Å². The first-order valence-corrected chi connectivity index (χ1v) is 9.51. The number of carbonyl (C=O) groups excluding carboxylic acids is 1. The van der Waals surface area contributed by atoms with Crippen LogP contribution >= 0.6 is 11.3 Å². The van der Waals surface area contributed by atoms with Crippen molar-refractivity contribution in [3.8, 4) is 0 Å². The lowest BCUT2D eigenvalue weighted by Crippen LogP contribution is -2.43. The Hall–Kier alpha value is -1.76. The van der Waals surface area contributed by atoms with E-state index in [1.807, 2.05) is 18.5 Å². The van der Waals surface area contributed by atoms with E-state index in [1.54, 1.807) is 0 Å². The molecule has 1 saturated heterocycles. The quantitative estimate of drug-likeness (QED) is 0.742. The number of pyridine rings is 1. The molecule has 1 aliphatic rings. The van der Waals surface area contributed by atoms with Crippen LogP contribution in [0.25, 0.3) is 0 Å². The van der Waals surface area contributed by atoms with Crippen molar-refractivity contribution in [3.05, 3.63) is 52.0 Å². The van der Waals surface area contributed by atoms with E-state index in [4.69, 9.17) is 4.74 Å². The maximum Gasteiger partial charge on any atom is 0.348 e. The first-order valence-electron chi connectivity index (χ1n) is 8.63. The highest BCUT2D eigenvalue weighted by molar-refractivity contribution is 7.12. The zero-order chi connectivity index (χ0) is 17.6. The van der Waals surface area contributed by atoms with Crippen molar-refractivity contribution in [2.24, 2.45) is 0 Å². The molecule has 6 heteroatoms. The van der Waals surface area contributed by atoms with E-state index in [9.17, 15) is 4.79 Å². The number of hydrogen-bond donors (Lipinski definition) is 0. The maximum atomic E-state index is 11.7. The van der Waals surface area contributed by atoms with Gasteiger partial charge in [0.15, 0.2) is 0 Å². The lowest BCUT2D eigenvalue weighted by Gasteiger charge is -2.37. The van der Waals surface area contributed by atoms with E-state index >= 15 is 0 Å². The van der Waals surface area contributed by atoms with E-state index in [2.05, 4.69) is 39.3 Å². The Morgan fingerprint density at radius 1 is 1.28 bits per heavy atom. The van der Waals surface area contributed by atoms with Crippen LogP contribution in [0.2, 0.25) is 0 Å². The molecule has 0 unspecified atom stereocenters. The van der Waals surface area contributed by atoms with Crippen molar-refractivity contribution in [3.63, 3.8) is 0 Å². The Morgan fingerprint density at radius 2 is 1.96 bits per heavy atom. The van der Waals surface area contributed by atoms with E-state index in [-0.39, 0.29) is 5.97 Å². The van der Waals surface area contributed by atoms with Crippen LogP contribution in [0.3, 0.4) is 0 Å². The summed E-state index contributed by atoms with van der Waals surface area (Å²) in [7, 11) is 3.61. The molecule has 0 aliphatic carbocycles. The molecule has 5 nitrogen and oxygen atoms in total. The van der Waals surface area contributed by atoms with Gasteiger partial charge in [0.25, 0.3) is 0 Å². The molecule has 134 valence electrons. The minimum absolute atomic E-state index is 0.253. The number of piperidine rings is 1. The van der Waals surface area contributed by atoms with Gasteiger partial charge < -0.3 is 9.64 Å². The summed E-state index contributed by atoms with van der Waals surface area (Å²) in [5.74, 6) is -0.253. The molecule has 0 bridgehead atoms. The Bertz CT molecular complexity index is 681. The summed E-state index contributed by atoms with van der Waals surface area (Å²) in [5, 5.41) is 2.07. The van der Waals surface area contributed by atoms with Crippen LogP contribution < -0.4 is 0 Å². The van der Waals surface area contributed by atoms with Crippen LogP contribution in [0.1, 0.15) is 33.6 Å². The zero-order valence-electron chi connectivity index (χ0n) is 14.9. The summed E-state index contributed by atoms with van der Waals surface area (Å²) in [6.45, 7) is 4.02. The minimum Gasteiger partial charge on any atom is -0.465 e. The van der Waals surface area contributed by atoms with E-state index in [1.165, 1.54) is 42.4 Å². The van der Waals surface area contributed by atoms with Crippen molar-refractivity contribution in [2.45, 2.75) is 32.0 Å². The van der Waals surface area contributed by atoms with E-state index in [0.29, 0.717) is 10.9 Å². The maximum absolute atomic E-state index is 11.7. The first kappa shape index (κ1) is 18.0. The van der Waals surface area contributed by atoms with Crippen molar-refractivity contribution in [2.75, 3.05) is 27.2 Å². The Kier molecular flexibility index (Phi) is 6.18. The molecule has 0 N–H and O–H groups in total. The van der Waals surface area contributed by atoms with E-state index in [0.717, 1.165) is 26.2 Å². The van der Waals surface area contributed by atoms with Gasteiger partial charge in [-0.25, -0.2) is 4.79 Å². The molecule has 1 fully saturated rings. The molecular weight excluding hydrogens is 334 g/mol. The molecule has 3 heterocycles. The second kappa shape index (κ2) is 8.56. The largest absolute Gasteiger partial charge is 0.465 e. The zero-order valence-corrected chi connectivity index (χ0v) is 15.7. The van der Waals surface area contributed by atoms with Crippen molar-refractivity contribution < 1.29 is 9.53 Å². The summed E-state index contributed by atoms with van der Waals surface area (Å²) in [5.41, 5.74) is 2.45. The molecule has 0 amide bonds. The lowest BCUT2D eigenvalue weighted by molar-refractivity contribution is 0.0606. The molecule has 0 atom stereocenters. The molecule has 2 aromatic heterocycles. The average Bonchev–Trinajstić information content (AvgIpc) is 3.11. The van der Waals surface area contributed by atoms with Gasteiger partial charge >= 0.3 is 5.97 Å². The lowest BCUT2D eigenvalue weighted by atomic mass is 10.0. The van der Waals surface area contributed by atoms with Crippen molar-refractivity contribution in [1.82, 2.24) is 14.8 Å². The number of nitrogens with zero attached hydrogens (tertiary/aromatic N) is 3. The summed E-state index contributed by atoms with van der Waals surface area (Å²) >= 11 is 1.46. The fourth-order valence-electron chi connectivity index (χ4n) is 3.30. The summed E-state index contributed by atoms with van der Waals surface area (Å²) in [4.78, 5) is 21.4. The number of esters is 1. The predicted octanol–water partition coefficient (Wildman–Crippen LogP) is 3.03. The van der Waals surface area contributed by atoms with Gasteiger partial charge in [-0.1, -0.05) is 0 Å². The second-order valence-corrected chi connectivity index (χ2v) is 7.52. The highest BCUT2D eigenvalue weighted by Crippen LogP contribution is 2.23. The SMILES string of the molecule is COC(=O)c1cc(CN(Cc2ccncc2)C2CCN(C)CC2)cs1. The molecule has 0 aromatic carbocycles. The molecule has 0 spiro atoms. The number of likely N-dealkylation sites (tertiary alicyclic amines) is 1. The smallest absolute Gasteiger partial charge is 0.348 e. The number of carbonyl (C=O) groups is 1. The van der Waals surface area contributed by atoms with Crippen LogP contribution in [0.15, 0.2) is 36.0 Å². The van der Waals surface area contributed by atoms with Gasteiger partial charge in [0.2, 0.25) is 0 Å². The van der Waals surface area contributed by atoms with E-state index < -0.39 is 0 Å². The fraction of sp³-hybridized carbons (Fsp3) is 0.474. The van der Waals surface area contributed by atoms with Gasteiger partial charge in [-0.3, -0.25) is 9.88 Å². The van der Waals surface area contributed by atoms with Crippen LogP contribution in [-0.2, 0) is 17.8 Å². The van der Waals surface area contributed by atoms with Crippen molar-refractivity contribution >= 4 is 17.3 Å². The number of rotatable bonds is 6. The topological polar surface area (TPSA) is 45.7 Å². The van der Waals surface area contributed by atoms with Gasteiger partial charge in [0.1, 0.15) is 4.88 Å². The minimum atomic E-state index is -0.253. The first-order chi connectivity index (χ1) is 12.2. The highest BCUT2D eigenvalue weighted by atomic mass is 32.1. The summed E-state index contributed by atoms with van der Waals surface area (Å²) in [6.07, 6.45) is 6.05. The van der Waals surface area contributed by atoms with Crippen LogP contribution in [0.4, 0.5) is 0 Å². The van der Waals surface area contributed by atoms with Gasteiger partial charge in [0.05, 0.1) is 7.11 Å². The third-order valence-electron chi connectivity index (χ3n) is 4.77. The molecular formula is C19H25N3O2S. The molecule has 2 aromatic rings. The molecule has 25 heavy (non-hydrogen) atoms. The number of hydrogen-bond acceptors (Lipinski definition) is 6. The third-order valence-corrected chi connectivity index (χ3v) is 5.72. The summed E-state index contributed by atoms with van der Waals surface area (Å²) < 4.78 is 4.82. The van der Waals surface area contributed by atoms with Crippen molar-refractivity contribution in [1.29, 1.82) is 0 Å². The molecule has 0 radical (unpaired) electrons. The fourth-order valence-corrected chi connectivity index (χ4v) is 4.12. The van der Waals surface area contributed by atoms with Gasteiger partial charge in [-0.05, 0) is 67.7 Å². The van der Waals surface area contributed by atoms with Crippen LogP contribution in [-0.4, -0.2) is 54.0 Å². The highest BCUT2D eigenvalue weighted by Gasteiger charge is 2.24. The Morgan fingerprint density at radius 3 is 2.64 bits per heavy atom. The standard InChI is InChI=1S/C19H25N3O2S/c1-21-9-5-17(6-10-21)22(12-15-3-7-20-8-4-15)13-16-11-18(25-14-16)19(23)24-2/h3-4,7-8,11,14,17H,5-6,9-10,12-13H2,1-2H3. The number of aromatic nitrogens is 1. The molecule has 3 rings (SSSR count). The number of ether oxygens (including phenoxy) is 1. The molecule has 1 aliphatic heterocycles. The second-order valence-electron chi connectivity index (χ2n) is 6.61. The Labute approximate surface area is 153 Å². The normalized spacial score (nSPS) is 16.3. The predicted molar refractivity (Wildman–Crippen MR) is 99.7 cm³/mol. The van der Waals surface area contributed by atoms with Gasteiger partial charge in [-0.15, -0.1) is 11.3 Å². The average molecular weight is 359 g/mol. The summed E-state index contributed by atoms with van der Waals surface area (Å²) in [6, 6.07) is 6.68.